The molecule has 3 aromatic carbocycles. The van der Waals surface area contributed by atoms with Crippen LogP contribution in [0.15, 0.2) is 72.3 Å². The van der Waals surface area contributed by atoms with E-state index in [2.05, 4.69) is 10.6 Å². The highest BCUT2D eigenvalue weighted by Gasteiger charge is 2.36. The molecule has 0 radical (unpaired) electrons. The minimum Gasteiger partial charge on any atom is -0.497 e. The Hall–Kier alpha value is -4.92. The normalized spacial score (nSPS) is 14.4. The van der Waals surface area contributed by atoms with Crippen LogP contribution in [-0.2, 0) is 14.4 Å². The van der Waals surface area contributed by atoms with Crippen LogP contribution in [0.4, 0.5) is 16.2 Å². The SMILES string of the molecule is COc1ccc(N2C(=O)NC(=O)/C(=C\c3cccc(OCC(=O)Nc4ccc(C)cc4C)c3)C2=O)cc1. The van der Waals surface area contributed by atoms with Gasteiger partial charge in [-0.25, -0.2) is 9.69 Å². The van der Waals surface area contributed by atoms with E-state index in [9.17, 15) is 19.2 Å². The van der Waals surface area contributed by atoms with E-state index in [4.69, 9.17) is 9.47 Å². The molecule has 1 aliphatic heterocycles. The molecule has 2 N–H and O–H groups in total. The summed E-state index contributed by atoms with van der Waals surface area (Å²) in [6, 6.07) is 17.7. The number of hydrogen-bond acceptors (Lipinski definition) is 6. The average Bonchev–Trinajstić information content (AvgIpc) is 2.87. The smallest absolute Gasteiger partial charge is 0.335 e. The number of urea groups is 1. The molecule has 0 spiro atoms. The zero-order valence-electron chi connectivity index (χ0n) is 20.5. The first-order chi connectivity index (χ1) is 17.7. The summed E-state index contributed by atoms with van der Waals surface area (Å²) in [5.74, 6) is -0.972. The van der Waals surface area contributed by atoms with Gasteiger partial charge in [0, 0.05) is 5.69 Å². The maximum absolute atomic E-state index is 13.1. The zero-order chi connectivity index (χ0) is 26.5. The molecule has 0 aliphatic carbocycles. The monoisotopic (exact) mass is 499 g/mol. The summed E-state index contributed by atoms with van der Waals surface area (Å²) in [6.07, 6.45) is 1.36. The largest absolute Gasteiger partial charge is 0.497 e. The number of hydrogen-bond donors (Lipinski definition) is 2. The summed E-state index contributed by atoms with van der Waals surface area (Å²) in [6.45, 7) is 3.65. The summed E-state index contributed by atoms with van der Waals surface area (Å²) in [7, 11) is 1.50. The number of imide groups is 2. The standard InChI is InChI=1S/C28H25N3O6/c1-17-7-12-24(18(2)13-17)29-25(32)16-37-22-6-4-5-19(14-22)15-23-26(33)30-28(35)31(27(23)34)20-8-10-21(36-3)11-9-20/h4-15H,16H2,1-3H3,(H,29,32)(H,30,33,35)/b23-15+. The second-order valence-corrected chi connectivity index (χ2v) is 8.38. The van der Waals surface area contributed by atoms with Crippen molar-refractivity contribution >= 4 is 41.2 Å². The van der Waals surface area contributed by atoms with Crippen molar-refractivity contribution < 1.29 is 28.7 Å². The fourth-order valence-corrected chi connectivity index (χ4v) is 3.77. The minimum absolute atomic E-state index is 0.222. The van der Waals surface area contributed by atoms with Gasteiger partial charge in [-0.3, -0.25) is 19.7 Å². The van der Waals surface area contributed by atoms with Gasteiger partial charge in [0.2, 0.25) is 0 Å². The molecule has 188 valence electrons. The zero-order valence-corrected chi connectivity index (χ0v) is 20.5. The number of barbiturate groups is 1. The van der Waals surface area contributed by atoms with Gasteiger partial charge in [-0.2, -0.15) is 0 Å². The highest BCUT2D eigenvalue weighted by atomic mass is 16.5. The lowest BCUT2D eigenvalue weighted by Crippen LogP contribution is -2.54. The van der Waals surface area contributed by atoms with E-state index < -0.39 is 17.8 Å². The molecule has 0 atom stereocenters. The Morgan fingerprint density at radius 1 is 0.973 bits per heavy atom. The lowest BCUT2D eigenvalue weighted by Gasteiger charge is -2.26. The lowest BCUT2D eigenvalue weighted by atomic mass is 10.1. The molecule has 1 fully saturated rings. The van der Waals surface area contributed by atoms with Gasteiger partial charge in [0.15, 0.2) is 6.61 Å². The Labute approximate surface area is 213 Å². The number of rotatable bonds is 7. The van der Waals surface area contributed by atoms with E-state index in [0.29, 0.717) is 22.7 Å². The number of nitrogens with zero attached hydrogens (tertiary/aromatic N) is 1. The van der Waals surface area contributed by atoms with Crippen LogP contribution in [0.3, 0.4) is 0 Å². The van der Waals surface area contributed by atoms with Crippen LogP contribution in [0.25, 0.3) is 6.08 Å². The third kappa shape index (κ3) is 5.84. The van der Waals surface area contributed by atoms with Crippen LogP contribution < -0.4 is 25.0 Å². The number of methoxy groups -OCH3 is 1. The molecule has 4 rings (SSSR count). The van der Waals surface area contributed by atoms with Crippen LogP contribution in [0, 0.1) is 13.8 Å². The van der Waals surface area contributed by atoms with E-state index in [-0.39, 0.29) is 23.8 Å². The Kier molecular flexibility index (Phi) is 7.34. The molecule has 0 saturated carbocycles. The van der Waals surface area contributed by atoms with Crippen LogP contribution in [0.2, 0.25) is 0 Å². The Morgan fingerprint density at radius 3 is 2.43 bits per heavy atom. The number of carbonyl (C=O) groups is 4. The van der Waals surface area contributed by atoms with Crippen molar-refractivity contribution in [3.05, 3.63) is 89.0 Å². The van der Waals surface area contributed by atoms with Crippen LogP contribution >= 0.6 is 0 Å². The molecule has 5 amide bonds. The fraction of sp³-hybridized carbons (Fsp3) is 0.143. The molecular formula is C28H25N3O6. The minimum atomic E-state index is -0.843. The molecule has 1 heterocycles. The van der Waals surface area contributed by atoms with Crippen molar-refractivity contribution in [2.75, 3.05) is 23.9 Å². The molecule has 9 heteroatoms. The average molecular weight is 500 g/mol. The molecule has 0 bridgehead atoms. The van der Waals surface area contributed by atoms with Crippen molar-refractivity contribution in [3.63, 3.8) is 0 Å². The highest BCUT2D eigenvalue weighted by molar-refractivity contribution is 6.39. The van der Waals surface area contributed by atoms with Crippen molar-refractivity contribution in [1.29, 1.82) is 0 Å². The Morgan fingerprint density at radius 2 is 1.73 bits per heavy atom. The first-order valence-electron chi connectivity index (χ1n) is 11.4. The predicted octanol–water partition coefficient (Wildman–Crippen LogP) is 4.00. The van der Waals surface area contributed by atoms with E-state index >= 15 is 0 Å². The summed E-state index contributed by atoms with van der Waals surface area (Å²) in [5, 5.41) is 5.00. The molecule has 0 aromatic heterocycles. The molecule has 0 unspecified atom stereocenters. The van der Waals surface area contributed by atoms with Gasteiger partial charge in [0.05, 0.1) is 12.8 Å². The van der Waals surface area contributed by atoms with Gasteiger partial charge in [0.25, 0.3) is 17.7 Å². The van der Waals surface area contributed by atoms with Crippen LogP contribution in [-0.4, -0.2) is 37.5 Å². The molecule has 37 heavy (non-hydrogen) atoms. The van der Waals surface area contributed by atoms with E-state index in [0.717, 1.165) is 16.0 Å². The number of nitrogens with one attached hydrogen (secondary N) is 2. The third-order valence-corrected chi connectivity index (χ3v) is 5.63. The van der Waals surface area contributed by atoms with Crippen molar-refractivity contribution in [3.8, 4) is 11.5 Å². The third-order valence-electron chi connectivity index (χ3n) is 5.63. The van der Waals surface area contributed by atoms with E-state index in [1.165, 1.54) is 13.2 Å². The Bertz CT molecular complexity index is 1410. The second kappa shape index (κ2) is 10.8. The number of ether oxygens (including phenoxy) is 2. The van der Waals surface area contributed by atoms with Crippen molar-refractivity contribution in [1.82, 2.24) is 5.32 Å². The lowest BCUT2D eigenvalue weighted by molar-refractivity contribution is -0.122. The quantitative estimate of drug-likeness (QED) is 0.375. The van der Waals surface area contributed by atoms with Gasteiger partial charge < -0.3 is 14.8 Å². The number of benzene rings is 3. The van der Waals surface area contributed by atoms with E-state index in [1.807, 2.05) is 32.0 Å². The van der Waals surface area contributed by atoms with Crippen molar-refractivity contribution in [2.24, 2.45) is 0 Å². The van der Waals surface area contributed by atoms with Crippen LogP contribution in [0.1, 0.15) is 16.7 Å². The molecule has 9 nitrogen and oxygen atoms in total. The fourth-order valence-electron chi connectivity index (χ4n) is 3.77. The summed E-state index contributed by atoms with van der Waals surface area (Å²) >= 11 is 0. The van der Waals surface area contributed by atoms with Crippen LogP contribution in [0.5, 0.6) is 11.5 Å². The number of aryl methyl sites for hydroxylation is 2. The molecule has 3 aromatic rings. The Balaban J connectivity index is 1.48. The number of carbonyl (C=O) groups excluding carboxylic acids is 4. The first kappa shape index (κ1) is 25.2. The maximum Gasteiger partial charge on any atom is 0.335 e. The summed E-state index contributed by atoms with van der Waals surface area (Å²) in [5.41, 5.74) is 3.29. The van der Waals surface area contributed by atoms with Gasteiger partial charge in [-0.15, -0.1) is 0 Å². The predicted molar refractivity (Wildman–Crippen MR) is 138 cm³/mol. The summed E-state index contributed by atoms with van der Waals surface area (Å²) in [4.78, 5) is 51.2. The number of amides is 5. The molecule has 1 aliphatic rings. The molecular weight excluding hydrogens is 474 g/mol. The number of anilines is 2. The van der Waals surface area contributed by atoms with E-state index in [1.54, 1.807) is 48.5 Å². The maximum atomic E-state index is 13.1. The van der Waals surface area contributed by atoms with Crippen molar-refractivity contribution in [2.45, 2.75) is 13.8 Å². The van der Waals surface area contributed by atoms with Gasteiger partial charge in [0.1, 0.15) is 17.1 Å². The van der Waals surface area contributed by atoms with Gasteiger partial charge in [-0.1, -0.05) is 29.8 Å². The van der Waals surface area contributed by atoms with Gasteiger partial charge >= 0.3 is 6.03 Å². The first-order valence-corrected chi connectivity index (χ1v) is 11.4. The van der Waals surface area contributed by atoms with Gasteiger partial charge in [-0.05, 0) is 73.5 Å². The molecule has 1 saturated heterocycles. The topological polar surface area (TPSA) is 114 Å². The summed E-state index contributed by atoms with van der Waals surface area (Å²) < 4.78 is 10.7. The highest BCUT2D eigenvalue weighted by Crippen LogP contribution is 2.25. The second-order valence-electron chi connectivity index (χ2n) is 8.38.